The molecular weight excluding hydrogens is 526 g/mol. The van der Waals surface area contributed by atoms with Crippen molar-refractivity contribution in [3.8, 4) is 11.6 Å². The van der Waals surface area contributed by atoms with Crippen LogP contribution >= 0.6 is 0 Å². The molecule has 0 saturated carbocycles. The van der Waals surface area contributed by atoms with Crippen molar-refractivity contribution in [1.82, 2.24) is 14.9 Å². The zero-order chi connectivity index (χ0) is 29.5. The largest absolute Gasteiger partial charge is 0.462 e. The Balaban J connectivity index is 1.41. The van der Waals surface area contributed by atoms with Crippen LogP contribution in [0.4, 0.5) is 5.95 Å². The molecule has 216 valence electrons. The number of aryl methyl sites for hydroxylation is 2. The molecule has 1 aliphatic heterocycles. The van der Waals surface area contributed by atoms with Crippen LogP contribution in [0.5, 0.6) is 11.6 Å². The second kappa shape index (κ2) is 13.4. The van der Waals surface area contributed by atoms with E-state index in [0.717, 1.165) is 58.8 Å². The fraction of sp³-hybridized carbons (Fsp3) is 0.294. The Hall–Kier alpha value is -4.56. The molecule has 8 heteroatoms. The van der Waals surface area contributed by atoms with Gasteiger partial charge < -0.3 is 14.8 Å². The van der Waals surface area contributed by atoms with E-state index in [0.29, 0.717) is 37.1 Å². The number of hydrogen-bond acceptors (Lipinski definition) is 8. The third-order valence-electron chi connectivity index (χ3n) is 7.23. The minimum atomic E-state index is -0.321. The van der Waals surface area contributed by atoms with Crippen LogP contribution in [0.25, 0.3) is 0 Å². The SMILES string of the molecule is CCOC(=O)c1ccc(CNc2nc3c(c(Oc4c(C)cc(C=NC)cc4C)n2)CN(Cc2ccccc2)CC3)cc1. The van der Waals surface area contributed by atoms with Crippen LogP contribution in [0.2, 0.25) is 0 Å². The molecule has 0 unspecified atom stereocenters. The molecule has 0 saturated heterocycles. The van der Waals surface area contributed by atoms with Gasteiger partial charge in [0.25, 0.3) is 0 Å². The van der Waals surface area contributed by atoms with Crippen molar-refractivity contribution in [3.63, 3.8) is 0 Å². The standard InChI is InChI=1S/C34H37N5O3/c1-5-41-33(40)28-13-11-25(12-14-28)20-36-34-37-30-15-16-39(21-26-9-7-6-8-10-26)22-29(30)32(38-34)42-31-23(2)17-27(19-35-4)18-24(31)3/h6-14,17-19H,5,15-16,20-22H2,1-4H3,(H,36,37,38). The fourth-order valence-electron chi connectivity index (χ4n) is 5.20. The quantitative estimate of drug-likeness (QED) is 0.179. The lowest BCUT2D eigenvalue weighted by Crippen LogP contribution is -2.31. The van der Waals surface area contributed by atoms with Crippen LogP contribution in [0, 0.1) is 13.8 Å². The van der Waals surface area contributed by atoms with Gasteiger partial charge in [-0.3, -0.25) is 9.89 Å². The normalized spacial score (nSPS) is 13.1. The average Bonchev–Trinajstić information content (AvgIpc) is 2.99. The Morgan fingerprint density at radius 1 is 1.02 bits per heavy atom. The number of carbonyl (C=O) groups is 1. The summed E-state index contributed by atoms with van der Waals surface area (Å²) < 4.78 is 11.7. The second-order valence-electron chi connectivity index (χ2n) is 10.5. The molecular formula is C34H37N5O3. The molecule has 8 nitrogen and oxygen atoms in total. The minimum absolute atomic E-state index is 0.321. The number of rotatable bonds is 10. The maximum atomic E-state index is 12.0. The summed E-state index contributed by atoms with van der Waals surface area (Å²) in [6, 6.07) is 22.0. The summed E-state index contributed by atoms with van der Waals surface area (Å²) in [6.45, 7) is 9.20. The Labute approximate surface area is 247 Å². The molecule has 1 N–H and O–H groups in total. The Bertz CT molecular complexity index is 1550. The summed E-state index contributed by atoms with van der Waals surface area (Å²) in [5.41, 5.74) is 7.89. The first-order chi connectivity index (χ1) is 20.4. The number of fused-ring (bicyclic) bond motifs is 1. The first-order valence-electron chi connectivity index (χ1n) is 14.3. The fourth-order valence-corrected chi connectivity index (χ4v) is 5.20. The van der Waals surface area contributed by atoms with Crippen LogP contribution in [0.1, 0.15) is 56.4 Å². The zero-order valence-electron chi connectivity index (χ0n) is 24.7. The first-order valence-corrected chi connectivity index (χ1v) is 14.3. The number of nitrogens with one attached hydrogen (secondary N) is 1. The van der Waals surface area contributed by atoms with E-state index in [1.807, 2.05) is 38.3 Å². The first kappa shape index (κ1) is 29.0. The maximum Gasteiger partial charge on any atom is 0.338 e. The smallest absolute Gasteiger partial charge is 0.338 e. The molecule has 0 fully saturated rings. The Morgan fingerprint density at radius 2 is 1.76 bits per heavy atom. The van der Waals surface area contributed by atoms with E-state index >= 15 is 0 Å². The van der Waals surface area contributed by atoms with Gasteiger partial charge in [-0.2, -0.15) is 4.98 Å². The van der Waals surface area contributed by atoms with E-state index < -0.39 is 0 Å². The highest BCUT2D eigenvalue weighted by Gasteiger charge is 2.25. The number of anilines is 1. The number of ether oxygens (including phenoxy) is 2. The van der Waals surface area contributed by atoms with Gasteiger partial charge >= 0.3 is 5.97 Å². The van der Waals surface area contributed by atoms with Gasteiger partial charge in [0.2, 0.25) is 11.8 Å². The summed E-state index contributed by atoms with van der Waals surface area (Å²) in [7, 11) is 1.77. The lowest BCUT2D eigenvalue weighted by Gasteiger charge is -2.29. The number of aliphatic imine (C=N–C) groups is 1. The summed E-state index contributed by atoms with van der Waals surface area (Å²) in [6.07, 6.45) is 2.65. The summed E-state index contributed by atoms with van der Waals surface area (Å²) >= 11 is 0. The third kappa shape index (κ3) is 7.01. The van der Waals surface area contributed by atoms with E-state index in [1.165, 1.54) is 5.56 Å². The van der Waals surface area contributed by atoms with E-state index in [9.17, 15) is 4.79 Å². The topological polar surface area (TPSA) is 88.9 Å². The molecule has 5 rings (SSSR count). The molecule has 0 aliphatic carbocycles. The predicted octanol–water partition coefficient (Wildman–Crippen LogP) is 6.28. The molecule has 0 spiro atoms. The van der Waals surface area contributed by atoms with Crippen molar-refractivity contribution in [2.24, 2.45) is 4.99 Å². The molecule has 4 aromatic rings. The van der Waals surface area contributed by atoms with Gasteiger partial charge in [-0.25, -0.2) is 9.78 Å². The third-order valence-corrected chi connectivity index (χ3v) is 7.23. The molecule has 0 atom stereocenters. The number of nitrogens with zero attached hydrogens (tertiary/aromatic N) is 4. The molecule has 1 aliphatic rings. The van der Waals surface area contributed by atoms with Crippen LogP contribution in [-0.4, -0.2) is 47.3 Å². The number of benzene rings is 3. The molecule has 3 aromatic carbocycles. The van der Waals surface area contributed by atoms with Crippen LogP contribution in [0.3, 0.4) is 0 Å². The van der Waals surface area contributed by atoms with Crippen LogP contribution in [0.15, 0.2) is 71.7 Å². The highest BCUT2D eigenvalue weighted by Crippen LogP contribution is 2.34. The molecule has 0 bridgehead atoms. The Kier molecular flexibility index (Phi) is 9.24. The van der Waals surface area contributed by atoms with E-state index in [1.54, 1.807) is 26.1 Å². The molecule has 0 radical (unpaired) electrons. The van der Waals surface area contributed by atoms with Crippen molar-refractivity contribution in [2.45, 2.75) is 46.8 Å². The van der Waals surface area contributed by atoms with Gasteiger partial charge in [-0.15, -0.1) is 0 Å². The molecule has 0 amide bonds. The van der Waals surface area contributed by atoms with Crippen molar-refractivity contribution >= 4 is 18.1 Å². The molecule has 2 heterocycles. The lowest BCUT2D eigenvalue weighted by atomic mass is 10.0. The molecule has 42 heavy (non-hydrogen) atoms. The van der Waals surface area contributed by atoms with Gasteiger partial charge in [-0.05, 0) is 72.9 Å². The zero-order valence-corrected chi connectivity index (χ0v) is 24.7. The van der Waals surface area contributed by atoms with Crippen LogP contribution in [-0.2, 0) is 30.8 Å². The summed E-state index contributed by atoms with van der Waals surface area (Å²) in [5.74, 6) is 1.56. The summed E-state index contributed by atoms with van der Waals surface area (Å²) in [4.78, 5) is 28.4. The Morgan fingerprint density at radius 3 is 2.45 bits per heavy atom. The van der Waals surface area contributed by atoms with Gasteiger partial charge in [0, 0.05) is 45.9 Å². The van der Waals surface area contributed by atoms with Gasteiger partial charge in [-0.1, -0.05) is 42.5 Å². The van der Waals surface area contributed by atoms with Gasteiger partial charge in [0.1, 0.15) is 5.75 Å². The number of carbonyl (C=O) groups excluding carboxylic acids is 1. The highest BCUT2D eigenvalue weighted by molar-refractivity contribution is 5.89. The van der Waals surface area contributed by atoms with E-state index in [2.05, 4.69) is 51.6 Å². The van der Waals surface area contributed by atoms with Crippen molar-refractivity contribution in [2.75, 3.05) is 25.5 Å². The minimum Gasteiger partial charge on any atom is -0.462 e. The van der Waals surface area contributed by atoms with Crippen molar-refractivity contribution in [3.05, 3.63) is 111 Å². The highest BCUT2D eigenvalue weighted by atomic mass is 16.5. The lowest BCUT2D eigenvalue weighted by molar-refractivity contribution is 0.0526. The van der Waals surface area contributed by atoms with E-state index in [4.69, 9.17) is 19.4 Å². The number of esters is 1. The molecule has 1 aromatic heterocycles. The van der Waals surface area contributed by atoms with Gasteiger partial charge in [0.15, 0.2) is 0 Å². The van der Waals surface area contributed by atoms with Crippen molar-refractivity contribution < 1.29 is 14.3 Å². The van der Waals surface area contributed by atoms with Gasteiger partial charge in [0.05, 0.1) is 23.4 Å². The number of hydrogen-bond donors (Lipinski definition) is 1. The predicted molar refractivity (Wildman–Crippen MR) is 166 cm³/mol. The van der Waals surface area contributed by atoms with Crippen molar-refractivity contribution in [1.29, 1.82) is 0 Å². The van der Waals surface area contributed by atoms with Crippen LogP contribution < -0.4 is 10.1 Å². The summed E-state index contributed by atoms with van der Waals surface area (Å²) in [5, 5.41) is 3.37. The maximum absolute atomic E-state index is 12.0. The average molecular weight is 564 g/mol. The number of aromatic nitrogens is 2. The monoisotopic (exact) mass is 563 g/mol. The van der Waals surface area contributed by atoms with E-state index in [-0.39, 0.29) is 5.97 Å². The second-order valence-corrected chi connectivity index (χ2v) is 10.5.